The number of ether oxygens (including phenoxy) is 1. The zero-order valence-electron chi connectivity index (χ0n) is 12.1. The highest BCUT2D eigenvalue weighted by atomic mass is 16.5. The number of benzene rings is 1. The summed E-state index contributed by atoms with van der Waals surface area (Å²) in [6.45, 7) is 2.85. The highest BCUT2D eigenvalue weighted by Crippen LogP contribution is 2.48. The molecule has 1 saturated carbocycles. The topological polar surface area (TPSA) is 34.1 Å². The van der Waals surface area contributed by atoms with Gasteiger partial charge in [-0.2, -0.15) is 0 Å². The fraction of sp³-hybridized carbons (Fsp3) is 0.471. The Balaban J connectivity index is 1.60. The average Bonchev–Trinajstić information content (AvgIpc) is 3.26. The first-order valence-electron chi connectivity index (χ1n) is 7.34. The summed E-state index contributed by atoms with van der Waals surface area (Å²) in [5.41, 5.74) is 1.78. The van der Waals surface area contributed by atoms with Crippen molar-refractivity contribution in [1.29, 1.82) is 0 Å². The average molecular weight is 270 g/mol. The number of pyridine rings is 1. The van der Waals surface area contributed by atoms with Crippen LogP contribution in [0.4, 0.5) is 0 Å². The van der Waals surface area contributed by atoms with E-state index in [2.05, 4.69) is 34.6 Å². The van der Waals surface area contributed by atoms with Crippen molar-refractivity contribution in [2.75, 3.05) is 20.3 Å². The smallest absolute Gasteiger partial charge is 0.0468 e. The van der Waals surface area contributed by atoms with Crippen LogP contribution < -0.4 is 5.32 Å². The molecule has 0 unspecified atom stereocenters. The van der Waals surface area contributed by atoms with E-state index in [4.69, 9.17) is 4.74 Å². The summed E-state index contributed by atoms with van der Waals surface area (Å²) in [5, 5.41) is 6.13. The third-order valence-corrected chi connectivity index (χ3v) is 4.36. The van der Waals surface area contributed by atoms with Crippen LogP contribution in [0.2, 0.25) is 0 Å². The van der Waals surface area contributed by atoms with Crippen molar-refractivity contribution in [3.8, 4) is 0 Å². The molecule has 20 heavy (non-hydrogen) atoms. The number of fused-ring (bicyclic) bond motifs is 1. The second-order valence-electron chi connectivity index (χ2n) is 5.87. The van der Waals surface area contributed by atoms with Gasteiger partial charge in [-0.3, -0.25) is 4.98 Å². The molecule has 106 valence electrons. The predicted molar refractivity (Wildman–Crippen MR) is 81.6 cm³/mol. The van der Waals surface area contributed by atoms with Crippen LogP contribution in [0, 0.1) is 5.41 Å². The molecule has 3 rings (SSSR count). The summed E-state index contributed by atoms with van der Waals surface area (Å²) in [6, 6.07) is 8.44. The molecule has 0 amide bonds. The van der Waals surface area contributed by atoms with Gasteiger partial charge in [0.05, 0.1) is 0 Å². The van der Waals surface area contributed by atoms with Gasteiger partial charge in [-0.1, -0.05) is 24.3 Å². The quantitative estimate of drug-likeness (QED) is 0.839. The SMILES string of the molecule is COCCC1(CNCc2cncc3ccccc23)CC1. The molecular formula is C17H22N2O. The fourth-order valence-electron chi connectivity index (χ4n) is 2.79. The molecule has 1 fully saturated rings. The largest absolute Gasteiger partial charge is 0.385 e. The molecule has 0 aliphatic heterocycles. The van der Waals surface area contributed by atoms with Crippen molar-refractivity contribution in [1.82, 2.24) is 10.3 Å². The number of nitrogens with zero attached hydrogens (tertiary/aromatic N) is 1. The predicted octanol–water partition coefficient (Wildman–Crippen LogP) is 3.14. The minimum atomic E-state index is 0.494. The van der Waals surface area contributed by atoms with Gasteiger partial charge in [0.2, 0.25) is 0 Å². The molecule has 0 atom stereocenters. The lowest BCUT2D eigenvalue weighted by atomic mass is 10.0. The lowest BCUT2D eigenvalue weighted by Crippen LogP contribution is -2.24. The Hall–Kier alpha value is -1.45. The minimum absolute atomic E-state index is 0.494. The molecule has 0 spiro atoms. The van der Waals surface area contributed by atoms with Crippen molar-refractivity contribution in [2.45, 2.75) is 25.8 Å². The van der Waals surface area contributed by atoms with Gasteiger partial charge in [-0.15, -0.1) is 0 Å². The molecule has 1 aliphatic rings. The molecule has 1 aliphatic carbocycles. The number of hydrogen-bond acceptors (Lipinski definition) is 3. The Labute approximate surface area is 120 Å². The lowest BCUT2D eigenvalue weighted by molar-refractivity contribution is 0.171. The van der Waals surface area contributed by atoms with Crippen molar-refractivity contribution in [3.63, 3.8) is 0 Å². The summed E-state index contributed by atoms with van der Waals surface area (Å²) in [6.07, 6.45) is 7.74. The summed E-state index contributed by atoms with van der Waals surface area (Å²) < 4.78 is 5.20. The van der Waals surface area contributed by atoms with E-state index >= 15 is 0 Å². The Bertz CT molecular complexity index is 573. The second-order valence-corrected chi connectivity index (χ2v) is 5.87. The molecule has 0 saturated heterocycles. The summed E-state index contributed by atoms with van der Waals surface area (Å²) in [5.74, 6) is 0. The molecule has 1 aromatic heterocycles. The van der Waals surface area contributed by atoms with E-state index in [1.165, 1.54) is 35.6 Å². The summed E-state index contributed by atoms with van der Waals surface area (Å²) in [7, 11) is 1.78. The van der Waals surface area contributed by atoms with Crippen LogP contribution in [0.1, 0.15) is 24.8 Å². The molecular weight excluding hydrogens is 248 g/mol. The van der Waals surface area contributed by atoms with Gasteiger partial charge >= 0.3 is 0 Å². The van der Waals surface area contributed by atoms with E-state index in [0.29, 0.717) is 5.41 Å². The first-order valence-corrected chi connectivity index (χ1v) is 7.34. The molecule has 3 nitrogen and oxygen atoms in total. The van der Waals surface area contributed by atoms with Crippen LogP contribution in [0.15, 0.2) is 36.7 Å². The van der Waals surface area contributed by atoms with E-state index in [1.807, 2.05) is 12.4 Å². The van der Waals surface area contributed by atoms with Crippen molar-refractivity contribution < 1.29 is 4.74 Å². The first kappa shape index (κ1) is 13.5. The minimum Gasteiger partial charge on any atom is -0.385 e. The maximum atomic E-state index is 5.20. The van der Waals surface area contributed by atoms with E-state index in [0.717, 1.165) is 19.7 Å². The monoisotopic (exact) mass is 270 g/mol. The van der Waals surface area contributed by atoms with Crippen molar-refractivity contribution in [3.05, 3.63) is 42.2 Å². The van der Waals surface area contributed by atoms with Crippen LogP contribution in [-0.4, -0.2) is 25.2 Å². The fourth-order valence-corrected chi connectivity index (χ4v) is 2.79. The van der Waals surface area contributed by atoms with Crippen LogP contribution in [-0.2, 0) is 11.3 Å². The maximum Gasteiger partial charge on any atom is 0.0468 e. The van der Waals surface area contributed by atoms with E-state index in [9.17, 15) is 0 Å². The van der Waals surface area contributed by atoms with Crippen molar-refractivity contribution in [2.24, 2.45) is 5.41 Å². The number of nitrogens with one attached hydrogen (secondary N) is 1. The number of hydrogen-bond donors (Lipinski definition) is 1. The normalized spacial score (nSPS) is 16.4. The Morgan fingerprint density at radius 1 is 1.25 bits per heavy atom. The van der Waals surface area contributed by atoms with E-state index < -0.39 is 0 Å². The Morgan fingerprint density at radius 3 is 2.90 bits per heavy atom. The van der Waals surface area contributed by atoms with Gasteiger partial charge < -0.3 is 10.1 Å². The van der Waals surface area contributed by atoms with Gasteiger partial charge in [-0.05, 0) is 35.6 Å². The van der Waals surface area contributed by atoms with Crippen molar-refractivity contribution >= 4 is 10.8 Å². The number of methoxy groups -OCH3 is 1. The molecule has 3 heteroatoms. The van der Waals surface area contributed by atoms with E-state index in [1.54, 1.807) is 7.11 Å². The third kappa shape index (κ3) is 3.00. The molecule has 1 N–H and O–H groups in total. The Morgan fingerprint density at radius 2 is 2.10 bits per heavy atom. The third-order valence-electron chi connectivity index (χ3n) is 4.36. The van der Waals surface area contributed by atoms with Crippen LogP contribution >= 0.6 is 0 Å². The summed E-state index contributed by atoms with van der Waals surface area (Å²) >= 11 is 0. The van der Waals surface area contributed by atoms with Gasteiger partial charge in [0, 0.05) is 44.6 Å². The molecule has 1 aromatic carbocycles. The van der Waals surface area contributed by atoms with Gasteiger partial charge in [-0.25, -0.2) is 0 Å². The highest BCUT2D eigenvalue weighted by molar-refractivity contribution is 5.84. The van der Waals surface area contributed by atoms with Crippen LogP contribution in [0.3, 0.4) is 0 Å². The standard InChI is InChI=1S/C17H22N2O/c1-20-9-8-17(6-7-17)13-19-12-15-11-18-10-14-4-2-3-5-16(14)15/h2-5,10-11,19H,6-9,12-13H2,1H3. The molecule has 0 bridgehead atoms. The van der Waals surface area contributed by atoms with Gasteiger partial charge in [0.25, 0.3) is 0 Å². The highest BCUT2D eigenvalue weighted by Gasteiger charge is 2.41. The van der Waals surface area contributed by atoms with Gasteiger partial charge in [0.15, 0.2) is 0 Å². The van der Waals surface area contributed by atoms with Crippen LogP contribution in [0.25, 0.3) is 10.8 Å². The number of rotatable bonds is 7. The van der Waals surface area contributed by atoms with Gasteiger partial charge in [0.1, 0.15) is 0 Å². The number of aromatic nitrogens is 1. The first-order chi connectivity index (χ1) is 9.83. The maximum absolute atomic E-state index is 5.20. The zero-order valence-corrected chi connectivity index (χ0v) is 12.1. The Kier molecular flexibility index (Phi) is 3.99. The molecule has 2 aromatic rings. The molecule has 0 radical (unpaired) electrons. The second kappa shape index (κ2) is 5.90. The lowest BCUT2D eigenvalue weighted by Gasteiger charge is -2.16. The summed E-state index contributed by atoms with van der Waals surface area (Å²) in [4.78, 5) is 4.33. The van der Waals surface area contributed by atoms with E-state index in [-0.39, 0.29) is 0 Å². The van der Waals surface area contributed by atoms with Crippen LogP contribution in [0.5, 0.6) is 0 Å². The zero-order chi connectivity index (χ0) is 13.8. The molecule has 1 heterocycles.